The lowest BCUT2D eigenvalue weighted by Gasteiger charge is -2.20. The number of halogens is 1. The van der Waals surface area contributed by atoms with Gasteiger partial charge < -0.3 is 5.32 Å². The van der Waals surface area contributed by atoms with Crippen LogP contribution in [0.25, 0.3) is 0 Å². The molecule has 0 amide bonds. The molecular formula is C17H21ClN2. The topological polar surface area (TPSA) is 24.9 Å². The van der Waals surface area contributed by atoms with Crippen LogP contribution >= 0.6 is 11.6 Å². The molecule has 0 spiro atoms. The molecule has 2 rings (SSSR count). The minimum atomic E-state index is 0.151. The first-order valence-electron chi connectivity index (χ1n) is 6.96. The molecule has 1 aromatic heterocycles. The van der Waals surface area contributed by atoms with Crippen molar-refractivity contribution in [3.05, 3.63) is 63.4 Å². The van der Waals surface area contributed by atoms with Crippen molar-refractivity contribution in [2.75, 3.05) is 6.54 Å². The summed E-state index contributed by atoms with van der Waals surface area (Å²) in [5, 5.41) is 4.34. The molecule has 1 aromatic carbocycles. The third-order valence-corrected chi connectivity index (χ3v) is 3.78. The van der Waals surface area contributed by atoms with E-state index >= 15 is 0 Å². The third-order valence-electron chi connectivity index (χ3n) is 3.37. The Bertz CT molecular complexity index is 588. The van der Waals surface area contributed by atoms with E-state index in [0.717, 1.165) is 28.5 Å². The summed E-state index contributed by atoms with van der Waals surface area (Å²) in [4.78, 5) is 4.45. The minimum absolute atomic E-state index is 0.151. The van der Waals surface area contributed by atoms with E-state index < -0.39 is 0 Å². The summed E-state index contributed by atoms with van der Waals surface area (Å²) in [5.41, 5.74) is 5.61. The summed E-state index contributed by atoms with van der Waals surface area (Å²) in [7, 11) is 0. The molecule has 0 fully saturated rings. The maximum atomic E-state index is 6.27. The molecule has 2 aromatic rings. The fourth-order valence-electron chi connectivity index (χ4n) is 2.45. The van der Waals surface area contributed by atoms with Crippen LogP contribution in [-0.2, 0) is 0 Å². The normalized spacial score (nSPS) is 12.4. The zero-order chi connectivity index (χ0) is 14.7. The van der Waals surface area contributed by atoms with E-state index in [-0.39, 0.29) is 6.04 Å². The maximum Gasteiger partial charge on any atom is 0.0578 e. The van der Waals surface area contributed by atoms with Gasteiger partial charge in [-0.1, -0.05) is 30.7 Å². The number of hydrogen-bond acceptors (Lipinski definition) is 2. The molecule has 0 aliphatic carbocycles. The van der Waals surface area contributed by atoms with E-state index in [4.69, 9.17) is 11.6 Å². The number of hydrogen-bond donors (Lipinski definition) is 1. The van der Waals surface area contributed by atoms with E-state index in [1.165, 1.54) is 11.1 Å². The fourth-order valence-corrected chi connectivity index (χ4v) is 2.64. The number of nitrogens with zero attached hydrogens (tertiary/aromatic N) is 1. The number of nitrogens with one attached hydrogen (secondary N) is 1. The zero-order valence-electron chi connectivity index (χ0n) is 12.5. The summed E-state index contributed by atoms with van der Waals surface area (Å²) in [6, 6.07) is 10.7. The Balaban J connectivity index is 2.46. The molecule has 20 heavy (non-hydrogen) atoms. The Hall–Kier alpha value is -1.38. The van der Waals surface area contributed by atoms with Crippen LogP contribution in [0.5, 0.6) is 0 Å². The van der Waals surface area contributed by atoms with Gasteiger partial charge in [0.25, 0.3) is 0 Å². The molecule has 0 radical (unpaired) electrons. The monoisotopic (exact) mass is 288 g/mol. The van der Waals surface area contributed by atoms with Crippen molar-refractivity contribution in [3.8, 4) is 0 Å². The molecule has 1 heterocycles. The second kappa shape index (κ2) is 6.38. The molecule has 0 bridgehead atoms. The van der Waals surface area contributed by atoms with Crippen molar-refractivity contribution >= 4 is 11.6 Å². The average Bonchev–Trinajstić information content (AvgIpc) is 2.38. The first kappa shape index (κ1) is 15.0. The highest BCUT2D eigenvalue weighted by Crippen LogP contribution is 2.27. The Labute approximate surface area is 126 Å². The van der Waals surface area contributed by atoms with Gasteiger partial charge in [-0.15, -0.1) is 0 Å². The van der Waals surface area contributed by atoms with Crippen LogP contribution in [0.1, 0.15) is 41.0 Å². The van der Waals surface area contributed by atoms with Gasteiger partial charge in [-0.3, -0.25) is 4.98 Å². The molecule has 0 saturated heterocycles. The van der Waals surface area contributed by atoms with Crippen LogP contribution < -0.4 is 5.32 Å². The van der Waals surface area contributed by atoms with Crippen LogP contribution in [-0.4, -0.2) is 11.5 Å². The Morgan fingerprint density at radius 1 is 1.05 bits per heavy atom. The summed E-state index contributed by atoms with van der Waals surface area (Å²) in [6.07, 6.45) is 0. The van der Waals surface area contributed by atoms with E-state index in [9.17, 15) is 0 Å². The lowest BCUT2D eigenvalue weighted by Crippen LogP contribution is -2.22. The van der Waals surface area contributed by atoms with Crippen molar-refractivity contribution in [2.24, 2.45) is 0 Å². The van der Waals surface area contributed by atoms with Crippen molar-refractivity contribution in [2.45, 2.75) is 33.7 Å². The summed E-state index contributed by atoms with van der Waals surface area (Å²) in [6.45, 7) is 9.10. The summed E-state index contributed by atoms with van der Waals surface area (Å²) in [5.74, 6) is 0. The van der Waals surface area contributed by atoms with E-state index in [2.05, 4.69) is 47.6 Å². The van der Waals surface area contributed by atoms with Crippen LogP contribution in [0, 0.1) is 20.8 Å². The lowest BCUT2D eigenvalue weighted by molar-refractivity contribution is 0.628. The van der Waals surface area contributed by atoms with Crippen LogP contribution in [0.15, 0.2) is 30.3 Å². The second-order valence-corrected chi connectivity index (χ2v) is 5.59. The van der Waals surface area contributed by atoms with Crippen LogP contribution in [0.4, 0.5) is 0 Å². The van der Waals surface area contributed by atoms with Gasteiger partial charge in [0.2, 0.25) is 0 Å². The first-order valence-corrected chi connectivity index (χ1v) is 7.33. The number of rotatable bonds is 4. The van der Waals surface area contributed by atoms with Crippen molar-refractivity contribution in [1.29, 1.82) is 0 Å². The van der Waals surface area contributed by atoms with E-state index in [0.29, 0.717) is 0 Å². The SMILES string of the molecule is CCNC(c1cc(C)nc(C)c1)c1ccc(C)c(Cl)c1. The molecule has 1 N–H and O–H groups in total. The Kier molecular flexibility index (Phi) is 4.79. The van der Waals surface area contributed by atoms with Crippen molar-refractivity contribution in [3.63, 3.8) is 0 Å². The van der Waals surface area contributed by atoms with Crippen LogP contribution in [0.2, 0.25) is 5.02 Å². The predicted octanol–water partition coefficient (Wildman–Crippen LogP) is 4.36. The van der Waals surface area contributed by atoms with Gasteiger partial charge in [-0.25, -0.2) is 0 Å². The van der Waals surface area contributed by atoms with E-state index in [1.807, 2.05) is 20.8 Å². The van der Waals surface area contributed by atoms with E-state index in [1.54, 1.807) is 0 Å². The molecule has 1 atom stereocenters. The predicted molar refractivity (Wildman–Crippen MR) is 85.4 cm³/mol. The standard InChI is InChI=1S/C17H21ClN2/c1-5-19-17(14-7-6-11(2)16(18)10-14)15-8-12(3)20-13(4)9-15/h6-10,17,19H,5H2,1-4H3. The molecule has 1 unspecified atom stereocenters. The highest BCUT2D eigenvalue weighted by atomic mass is 35.5. The van der Waals surface area contributed by atoms with Gasteiger partial charge in [0.05, 0.1) is 6.04 Å². The minimum Gasteiger partial charge on any atom is -0.307 e. The fraction of sp³-hybridized carbons (Fsp3) is 0.353. The number of aryl methyl sites for hydroxylation is 3. The highest BCUT2D eigenvalue weighted by Gasteiger charge is 2.15. The molecule has 106 valence electrons. The van der Waals surface area contributed by atoms with Crippen molar-refractivity contribution < 1.29 is 0 Å². The van der Waals surface area contributed by atoms with Gasteiger partial charge >= 0.3 is 0 Å². The van der Waals surface area contributed by atoms with Crippen molar-refractivity contribution in [1.82, 2.24) is 10.3 Å². The lowest BCUT2D eigenvalue weighted by atomic mass is 9.97. The molecule has 0 aliphatic heterocycles. The second-order valence-electron chi connectivity index (χ2n) is 5.18. The maximum absolute atomic E-state index is 6.27. The number of aromatic nitrogens is 1. The number of pyridine rings is 1. The smallest absolute Gasteiger partial charge is 0.0578 e. The highest BCUT2D eigenvalue weighted by molar-refractivity contribution is 6.31. The Morgan fingerprint density at radius 3 is 2.25 bits per heavy atom. The zero-order valence-corrected chi connectivity index (χ0v) is 13.3. The summed E-state index contributed by atoms with van der Waals surface area (Å²) >= 11 is 6.27. The summed E-state index contributed by atoms with van der Waals surface area (Å²) < 4.78 is 0. The molecule has 3 heteroatoms. The first-order chi connectivity index (χ1) is 9.51. The molecule has 2 nitrogen and oxygen atoms in total. The van der Waals surface area contributed by atoms with Crippen LogP contribution in [0.3, 0.4) is 0 Å². The number of benzene rings is 1. The molecular weight excluding hydrogens is 268 g/mol. The average molecular weight is 289 g/mol. The third kappa shape index (κ3) is 3.38. The molecule has 0 aliphatic rings. The largest absolute Gasteiger partial charge is 0.307 e. The van der Waals surface area contributed by atoms with Gasteiger partial charge in [-0.05, 0) is 62.2 Å². The van der Waals surface area contributed by atoms with Gasteiger partial charge in [-0.2, -0.15) is 0 Å². The van der Waals surface area contributed by atoms with Gasteiger partial charge in [0.15, 0.2) is 0 Å². The molecule has 0 saturated carbocycles. The van der Waals surface area contributed by atoms with Gasteiger partial charge in [0, 0.05) is 16.4 Å². The quantitative estimate of drug-likeness (QED) is 0.904. The van der Waals surface area contributed by atoms with Gasteiger partial charge in [0.1, 0.15) is 0 Å². The Morgan fingerprint density at radius 2 is 1.70 bits per heavy atom.